The Labute approximate surface area is 270 Å². The number of anilines is 6. The third-order valence-corrected chi connectivity index (χ3v) is 13.5. The first-order valence-electron chi connectivity index (χ1n) is 13.9. The van der Waals surface area contributed by atoms with Gasteiger partial charge in [0, 0.05) is 39.1 Å². The third kappa shape index (κ3) is 4.38. The van der Waals surface area contributed by atoms with Gasteiger partial charge < -0.3 is 0 Å². The third-order valence-electron chi connectivity index (χ3n) is 7.58. The van der Waals surface area contributed by atoms with Gasteiger partial charge in [-0.25, -0.2) is 0 Å². The lowest BCUT2D eigenvalue weighted by Crippen LogP contribution is -2.13. The second-order valence-corrected chi connectivity index (χ2v) is 15.6. The fourth-order valence-corrected chi connectivity index (χ4v) is 11.0. The van der Waals surface area contributed by atoms with E-state index in [2.05, 4.69) is 143 Å². The van der Waals surface area contributed by atoms with Crippen molar-refractivity contribution >= 4 is 90.3 Å². The molecule has 0 spiro atoms. The molecule has 0 aliphatic carbocycles. The molecule has 9 rings (SSSR count). The monoisotopic (exact) mass is 642 g/mol. The van der Waals surface area contributed by atoms with Gasteiger partial charge in [-0.3, -0.25) is 9.80 Å². The molecule has 2 aliphatic rings. The zero-order chi connectivity index (χ0) is 28.3. The Morgan fingerprint density at radius 2 is 0.605 bits per heavy atom. The average Bonchev–Trinajstić information content (AvgIpc) is 3.84. The summed E-state index contributed by atoms with van der Waals surface area (Å²) < 4.78 is 0. The van der Waals surface area contributed by atoms with Gasteiger partial charge in [0.2, 0.25) is 0 Å². The molecule has 7 aromatic rings. The maximum atomic E-state index is 2.42. The zero-order valence-electron chi connectivity index (χ0n) is 22.6. The van der Waals surface area contributed by atoms with Crippen LogP contribution in [0.3, 0.4) is 0 Å². The minimum Gasteiger partial charge on any atom is -0.300 e. The van der Waals surface area contributed by atoms with Crippen molar-refractivity contribution in [2.45, 2.75) is 19.6 Å². The maximum Gasteiger partial charge on any atom is 0.101 e. The van der Waals surface area contributed by atoms with Crippen LogP contribution in [0.5, 0.6) is 0 Å². The molecule has 4 aromatic carbocycles. The first kappa shape index (κ1) is 25.7. The lowest BCUT2D eigenvalue weighted by Gasteiger charge is -2.31. The van der Waals surface area contributed by atoms with Crippen LogP contribution in [0.25, 0.3) is 19.5 Å². The van der Waals surface area contributed by atoms with E-state index < -0.39 is 0 Å². The number of para-hydroxylation sites is 4. The molecule has 5 heterocycles. The molecule has 43 heavy (non-hydrogen) atoms. The van der Waals surface area contributed by atoms with E-state index in [-0.39, 0.29) is 0 Å². The van der Waals surface area contributed by atoms with Crippen molar-refractivity contribution in [2.24, 2.45) is 0 Å². The van der Waals surface area contributed by atoms with E-state index in [0.717, 1.165) is 0 Å². The molecule has 206 valence electrons. The van der Waals surface area contributed by atoms with E-state index in [9.17, 15) is 0 Å². The van der Waals surface area contributed by atoms with Crippen LogP contribution in [-0.2, 0) is 0 Å². The highest BCUT2D eigenvalue weighted by Crippen LogP contribution is 2.55. The van der Waals surface area contributed by atoms with Gasteiger partial charge >= 0.3 is 0 Å². The van der Waals surface area contributed by atoms with Gasteiger partial charge in [0.25, 0.3) is 0 Å². The van der Waals surface area contributed by atoms with Crippen LogP contribution in [0.4, 0.5) is 32.8 Å². The van der Waals surface area contributed by atoms with Gasteiger partial charge in [0.15, 0.2) is 0 Å². The van der Waals surface area contributed by atoms with Crippen molar-refractivity contribution in [3.8, 4) is 19.5 Å². The van der Waals surface area contributed by atoms with Gasteiger partial charge in [0.05, 0.1) is 22.7 Å². The summed E-state index contributed by atoms with van der Waals surface area (Å²) in [6.07, 6.45) is 0. The summed E-state index contributed by atoms with van der Waals surface area (Å²) in [4.78, 5) is 15.2. The summed E-state index contributed by atoms with van der Waals surface area (Å²) in [6.45, 7) is 0. The number of nitrogens with zero attached hydrogens (tertiary/aromatic N) is 2. The van der Waals surface area contributed by atoms with Gasteiger partial charge in [-0.1, -0.05) is 72.1 Å². The first-order chi connectivity index (χ1) is 21.3. The Bertz CT molecular complexity index is 1900. The lowest BCUT2D eigenvalue weighted by atomic mass is 10.2. The van der Waals surface area contributed by atoms with Crippen LogP contribution in [0, 0.1) is 0 Å². The Kier molecular flexibility index (Phi) is 6.27. The maximum absolute atomic E-state index is 2.42. The second-order valence-electron chi connectivity index (χ2n) is 10.2. The van der Waals surface area contributed by atoms with Crippen LogP contribution >= 0.6 is 57.5 Å². The molecule has 0 unspecified atom stereocenters. The summed E-state index contributed by atoms with van der Waals surface area (Å²) in [5, 5.41) is 2.48. The predicted molar refractivity (Wildman–Crippen MR) is 189 cm³/mol. The van der Waals surface area contributed by atoms with Crippen LogP contribution in [0.15, 0.2) is 153 Å². The molecule has 7 heteroatoms. The summed E-state index contributed by atoms with van der Waals surface area (Å²) in [7, 11) is 0. The number of benzene rings is 4. The van der Waals surface area contributed by atoms with E-state index in [1.165, 1.54) is 71.8 Å². The number of hydrogen-bond acceptors (Lipinski definition) is 7. The number of fused-ring (bicyclic) bond motifs is 4. The van der Waals surface area contributed by atoms with Crippen LogP contribution in [0.2, 0.25) is 0 Å². The van der Waals surface area contributed by atoms with E-state index in [1.807, 2.05) is 57.5 Å². The summed E-state index contributed by atoms with van der Waals surface area (Å²) >= 11 is 9.30. The number of rotatable bonds is 4. The minimum absolute atomic E-state index is 1.24. The fraction of sp³-hybridized carbons (Fsp3) is 0. The fourth-order valence-electron chi connectivity index (χ4n) is 5.65. The Hall–Kier alpha value is -3.72. The van der Waals surface area contributed by atoms with Gasteiger partial charge in [-0.15, -0.1) is 34.0 Å². The smallest absolute Gasteiger partial charge is 0.101 e. The topological polar surface area (TPSA) is 6.48 Å². The Morgan fingerprint density at radius 3 is 0.977 bits per heavy atom. The average molecular weight is 643 g/mol. The standard InChI is InChI=1S/C36H22N2S5/c1-5-13-27-23(9-1)37(24-10-2-6-14-28(24)39-27)35-21-19-33(42-35)31-17-18-32(41-31)34-20-22-36(43-34)38-25-11-3-7-15-29(25)40-30-16-8-4-12-26(30)38/h1-22H. The molecule has 0 amide bonds. The van der Waals surface area contributed by atoms with Crippen molar-refractivity contribution in [1.29, 1.82) is 0 Å². The van der Waals surface area contributed by atoms with E-state index in [1.54, 1.807) is 0 Å². The van der Waals surface area contributed by atoms with E-state index >= 15 is 0 Å². The van der Waals surface area contributed by atoms with Gasteiger partial charge in [-0.2, -0.15) is 0 Å². The normalized spacial score (nSPS) is 13.3. The molecule has 2 nitrogen and oxygen atoms in total. The Balaban J connectivity index is 1.05. The molecule has 0 N–H and O–H groups in total. The van der Waals surface area contributed by atoms with Crippen molar-refractivity contribution in [3.63, 3.8) is 0 Å². The SMILES string of the molecule is c1ccc2c(c1)Sc1ccccc1N2c1ccc(-c2ccc(-c3ccc(N4c5ccccc5Sc5ccccc54)s3)s2)s1. The highest BCUT2D eigenvalue weighted by molar-refractivity contribution is 8.00. The van der Waals surface area contributed by atoms with Crippen molar-refractivity contribution in [3.05, 3.63) is 133 Å². The molecule has 0 atom stereocenters. The van der Waals surface area contributed by atoms with Crippen molar-refractivity contribution in [2.75, 3.05) is 9.80 Å². The molecule has 0 radical (unpaired) electrons. The Morgan fingerprint density at radius 1 is 0.302 bits per heavy atom. The quantitative estimate of drug-likeness (QED) is 0.188. The molecule has 0 bridgehead atoms. The molecule has 0 saturated carbocycles. The lowest BCUT2D eigenvalue weighted by molar-refractivity contribution is 1.18. The minimum atomic E-state index is 1.24. The molecule has 2 aliphatic heterocycles. The van der Waals surface area contributed by atoms with Crippen LogP contribution in [-0.4, -0.2) is 0 Å². The van der Waals surface area contributed by atoms with Crippen molar-refractivity contribution in [1.82, 2.24) is 0 Å². The number of hydrogen-bond donors (Lipinski definition) is 0. The molecular formula is C36H22N2S5. The molecule has 0 saturated heterocycles. The molecular weight excluding hydrogens is 621 g/mol. The second kappa shape index (κ2) is 10.5. The molecule has 0 fully saturated rings. The highest BCUT2D eigenvalue weighted by atomic mass is 32.2. The van der Waals surface area contributed by atoms with E-state index in [4.69, 9.17) is 0 Å². The van der Waals surface area contributed by atoms with Crippen LogP contribution in [0.1, 0.15) is 0 Å². The zero-order valence-corrected chi connectivity index (χ0v) is 26.7. The summed E-state index contributed by atoms with van der Waals surface area (Å²) in [6, 6.07) is 48.5. The first-order valence-corrected chi connectivity index (χ1v) is 18.0. The van der Waals surface area contributed by atoms with Gasteiger partial charge in [0.1, 0.15) is 10.0 Å². The molecule has 3 aromatic heterocycles. The highest BCUT2D eigenvalue weighted by Gasteiger charge is 2.27. The predicted octanol–water partition coefficient (Wildman–Crippen LogP) is 13.1. The van der Waals surface area contributed by atoms with Gasteiger partial charge in [-0.05, 0) is 84.9 Å². The van der Waals surface area contributed by atoms with Crippen LogP contribution < -0.4 is 9.80 Å². The van der Waals surface area contributed by atoms with Crippen molar-refractivity contribution < 1.29 is 0 Å². The van der Waals surface area contributed by atoms with E-state index in [0.29, 0.717) is 0 Å². The summed E-state index contributed by atoms with van der Waals surface area (Å²) in [5.41, 5.74) is 4.99. The largest absolute Gasteiger partial charge is 0.300 e. The number of thiophene rings is 3. The summed E-state index contributed by atoms with van der Waals surface area (Å²) in [5.74, 6) is 0.